The van der Waals surface area contributed by atoms with Crippen LogP contribution < -0.4 is 5.32 Å². The first kappa shape index (κ1) is 19.9. The SMILES string of the molecule is CC(C)(CO)[C@H](c1cccc(-c2ccccc2)c1)N1CCNCC1.Cl. The topological polar surface area (TPSA) is 35.5 Å². The summed E-state index contributed by atoms with van der Waals surface area (Å²) in [7, 11) is 0. The molecule has 0 aromatic heterocycles. The van der Waals surface area contributed by atoms with Gasteiger partial charge in [-0.25, -0.2) is 0 Å². The van der Waals surface area contributed by atoms with E-state index in [4.69, 9.17) is 0 Å². The Bertz CT molecular complexity index is 654. The van der Waals surface area contributed by atoms with Gasteiger partial charge >= 0.3 is 0 Å². The van der Waals surface area contributed by atoms with Gasteiger partial charge in [-0.15, -0.1) is 12.4 Å². The maximum atomic E-state index is 10.0. The van der Waals surface area contributed by atoms with Crippen LogP contribution >= 0.6 is 12.4 Å². The van der Waals surface area contributed by atoms with E-state index in [9.17, 15) is 5.11 Å². The standard InChI is InChI=1S/C21H28N2O.ClH/c1-21(2,16-24)20(23-13-11-22-12-14-23)19-10-6-9-18(15-19)17-7-4-3-5-8-17;/h3-10,15,20,22,24H,11-14,16H2,1-2H3;1H/t20-;/m0./s1. The second-order valence-corrected chi connectivity index (χ2v) is 7.33. The van der Waals surface area contributed by atoms with Crippen molar-refractivity contribution >= 4 is 12.4 Å². The van der Waals surface area contributed by atoms with Crippen molar-refractivity contribution in [2.24, 2.45) is 5.41 Å². The van der Waals surface area contributed by atoms with E-state index in [1.54, 1.807) is 0 Å². The summed E-state index contributed by atoms with van der Waals surface area (Å²) >= 11 is 0. The zero-order valence-corrected chi connectivity index (χ0v) is 15.9. The molecule has 1 aliphatic heterocycles. The minimum atomic E-state index is -0.188. The molecule has 4 heteroatoms. The molecule has 3 nitrogen and oxygen atoms in total. The highest BCUT2D eigenvalue weighted by Crippen LogP contribution is 2.39. The van der Waals surface area contributed by atoms with Gasteiger partial charge in [-0.1, -0.05) is 62.4 Å². The lowest BCUT2D eigenvalue weighted by atomic mass is 9.79. The van der Waals surface area contributed by atoms with Gasteiger partial charge in [-0.05, 0) is 22.8 Å². The van der Waals surface area contributed by atoms with Crippen LogP contribution in [0.2, 0.25) is 0 Å². The van der Waals surface area contributed by atoms with Gasteiger partial charge in [0.25, 0.3) is 0 Å². The Labute approximate surface area is 157 Å². The van der Waals surface area contributed by atoms with Crippen molar-refractivity contribution < 1.29 is 5.11 Å². The van der Waals surface area contributed by atoms with Crippen molar-refractivity contribution in [2.45, 2.75) is 19.9 Å². The molecule has 2 aromatic carbocycles. The third-order valence-corrected chi connectivity index (χ3v) is 4.97. The van der Waals surface area contributed by atoms with Gasteiger partial charge in [0, 0.05) is 44.2 Å². The van der Waals surface area contributed by atoms with Crippen LogP contribution in [0.4, 0.5) is 0 Å². The number of piperazine rings is 1. The van der Waals surface area contributed by atoms with Crippen LogP contribution in [0, 0.1) is 5.41 Å². The summed E-state index contributed by atoms with van der Waals surface area (Å²) in [6, 6.07) is 19.5. The van der Waals surface area contributed by atoms with Gasteiger partial charge in [-0.2, -0.15) is 0 Å². The molecule has 1 heterocycles. The Morgan fingerprint density at radius 2 is 1.64 bits per heavy atom. The molecule has 0 radical (unpaired) electrons. The van der Waals surface area contributed by atoms with E-state index in [1.165, 1.54) is 16.7 Å². The molecule has 1 aliphatic rings. The van der Waals surface area contributed by atoms with Crippen LogP contribution in [-0.2, 0) is 0 Å². The van der Waals surface area contributed by atoms with Crippen molar-refractivity contribution in [2.75, 3.05) is 32.8 Å². The lowest BCUT2D eigenvalue weighted by molar-refractivity contribution is 0.0305. The van der Waals surface area contributed by atoms with Crippen molar-refractivity contribution in [3.8, 4) is 11.1 Å². The van der Waals surface area contributed by atoms with E-state index in [1.807, 2.05) is 6.07 Å². The number of hydrogen-bond donors (Lipinski definition) is 2. The molecule has 25 heavy (non-hydrogen) atoms. The Balaban J connectivity index is 0.00000225. The van der Waals surface area contributed by atoms with Crippen LogP contribution in [-0.4, -0.2) is 42.8 Å². The number of nitrogens with one attached hydrogen (secondary N) is 1. The summed E-state index contributed by atoms with van der Waals surface area (Å²) in [6.45, 7) is 8.56. The molecule has 2 aromatic rings. The van der Waals surface area contributed by atoms with Crippen LogP contribution in [0.1, 0.15) is 25.5 Å². The Hall–Kier alpha value is -1.39. The number of nitrogens with zero attached hydrogens (tertiary/aromatic N) is 1. The molecular formula is C21H29ClN2O. The molecule has 1 fully saturated rings. The average molecular weight is 361 g/mol. The maximum Gasteiger partial charge on any atom is 0.0500 e. The first-order valence-corrected chi connectivity index (χ1v) is 8.83. The Morgan fingerprint density at radius 1 is 1.00 bits per heavy atom. The van der Waals surface area contributed by atoms with Gasteiger partial charge < -0.3 is 10.4 Å². The zero-order chi connectivity index (χ0) is 17.0. The fourth-order valence-corrected chi connectivity index (χ4v) is 3.70. The normalized spacial score (nSPS) is 16.9. The summed E-state index contributed by atoms with van der Waals surface area (Å²) in [6.07, 6.45) is 0. The molecule has 136 valence electrons. The predicted molar refractivity (Wildman–Crippen MR) is 107 cm³/mol. The summed E-state index contributed by atoms with van der Waals surface area (Å²) in [5.41, 5.74) is 3.58. The van der Waals surface area contributed by atoms with Crippen LogP contribution in [0.3, 0.4) is 0 Å². The number of hydrogen-bond acceptors (Lipinski definition) is 3. The first-order chi connectivity index (χ1) is 11.6. The van der Waals surface area contributed by atoms with Crippen LogP contribution in [0.5, 0.6) is 0 Å². The third kappa shape index (κ3) is 4.62. The van der Waals surface area contributed by atoms with Gasteiger partial charge in [-0.3, -0.25) is 4.90 Å². The maximum absolute atomic E-state index is 10.0. The highest BCUT2D eigenvalue weighted by atomic mass is 35.5. The molecule has 0 bridgehead atoms. The number of rotatable bonds is 5. The van der Waals surface area contributed by atoms with E-state index in [0.717, 1.165) is 26.2 Å². The van der Waals surface area contributed by atoms with Gasteiger partial charge in [0.15, 0.2) is 0 Å². The van der Waals surface area contributed by atoms with Crippen molar-refractivity contribution in [1.29, 1.82) is 0 Å². The fraction of sp³-hybridized carbons (Fsp3) is 0.429. The predicted octanol–water partition coefficient (Wildman–Crippen LogP) is 3.74. The van der Waals surface area contributed by atoms with E-state index in [2.05, 4.69) is 72.6 Å². The minimum Gasteiger partial charge on any atom is -0.396 e. The monoisotopic (exact) mass is 360 g/mol. The zero-order valence-electron chi connectivity index (χ0n) is 15.1. The molecule has 0 amide bonds. The second-order valence-electron chi connectivity index (χ2n) is 7.33. The van der Waals surface area contributed by atoms with Gasteiger partial charge in [0.2, 0.25) is 0 Å². The van der Waals surface area contributed by atoms with Crippen LogP contribution in [0.25, 0.3) is 11.1 Å². The third-order valence-electron chi connectivity index (χ3n) is 4.97. The van der Waals surface area contributed by atoms with E-state index >= 15 is 0 Å². The lowest BCUT2D eigenvalue weighted by Crippen LogP contribution is -2.49. The summed E-state index contributed by atoms with van der Waals surface area (Å²) < 4.78 is 0. The van der Waals surface area contributed by atoms with E-state index in [0.29, 0.717) is 0 Å². The number of aliphatic hydroxyl groups is 1. The Kier molecular flexibility index (Phi) is 7.03. The first-order valence-electron chi connectivity index (χ1n) is 8.83. The average Bonchev–Trinajstić information content (AvgIpc) is 2.64. The lowest BCUT2D eigenvalue weighted by Gasteiger charge is -2.43. The summed E-state index contributed by atoms with van der Waals surface area (Å²) in [4.78, 5) is 2.51. The van der Waals surface area contributed by atoms with E-state index in [-0.39, 0.29) is 30.5 Å². The highest BCUT2D eigenvalue weighted by molar-refractivity contribution is 5.85. The van der Waals surface area contributed by atoms with Crippen molar-refractivity contribution in [1.82, 2.24) is 10.2 Å². The Morgan fingerprint density at radius 3 is 2.28 bits per heavy atom. The molecule has 3 rings (SSSR count). The van der Waals surface area contributed by atoms with Gasteiger partial charge in [0.05, 0.1) is 0 Å². The minimum absolute atomic E-state index is 0. The molecule has 1 saturated heterocycles. The molecule has 0 spiro atoms. The molecule has 0 saturated carbocycles. The smallest absolute Gasteiger partial charge is 0.0500 e. The molecular weight excluding hydrogens is 332 g/mol. The van der Waals surface area contributed by atoms with Crippen LogP contribution in [0.15, 0.2) is 54.6 Å². The number of benzene rings is 2. The number of halogens is 1. The largest absolute Gasteiger partial charge is 0.396 e. The molecule has 0 unspecified atom stereocenters. The van der Waals surface area contributed by atoms with Crippen molar-refractivity contribution in [3.05, 3.63) is 60.2 Å². The van der Waals surface area contributed by atoms with Gasteiger partial charge in [0.1, 0.15) is 0 Å². The second kappa shape index (κ2) is 8.81. The fourth-order valence-electron chi connectivity index (χ4n) is 3.70. The molecule has 0 aliphatic carbocycles. The number of aliphatic hydroxyl groups excluding tert-OH is 1. The summed E-state index contributed by atoms with van der Waals surface area (Å²) in [5, 5.41) is 13.4. The summed E-state index contributed by atoms with van der Waals surface area (Å²) in [5.74, 6) is 0. The quantitative estimate of drug-likeness (QED) is 0.852. The molecule has 1 atom stereocenters. The van der Waals surface area contributed by atoms with E-state index < -0.39 is 0 Å². The van der Waals surface area contributed by atoms with Crippen molar-refractivity contribution in [3.63, 3.8) is 0 Å². The highest BCUT2D eigenvalue weighted by Gasteiger charge is 2.35. The molecule has 2 N–H and O–H groups in total.